The molecule has 0 spiro atoms. The van der Waals surface area contributed by atoms with Crippen LogP contribution in [0.4, 0.5) is 0 Å². The molecule has 0 atom stereocenters. The van der Waals surface area contributed by atoms with Crippen molar-refractivity contribution in [1.82, 2.24) is 10.3 Å². The molecule has 0 saturated heterocycles. The Morgan fingerprint density at radius 1 is 0.844 bits per heavy atom. The molecule has 4 aromatic rings. The van der Waals surface area contributed by atoms with Gasteiger partial charge in [0.05, 0.1) is 5.56 Å². The van der Waals surface area contributed by atoms with Crippen LogP contribution in [0, 0.1) is 0 Å². The van der Waals surface area contributed by atoms with Crippen LogP contribution >= 0.6 is 0 Å². The lowest BCUT2D eigenvalue weighted by Crippen LogP contribution is -2.22. The molecule has 1 aromatic heterocycles. The van der Waals surface area contributed by atoms with Crippen molar-refractivity contribution in [2.75, 3.05) is 6.79 Å². The van der Waals surface area contributed by atoms with Crippen molar-refractivity contribution >= 4 is 5.91 Å². The monoisotopic (exact) mass is 424 g/mol. The van der Waals surface area contributed by atoms with E-state index >= 15 is 0 Å². The Morgan fingerprint density at radius 2 is 1.62 bits per heavy atom. The van der Waals surface area contributed by atoms with Gasteiger partial charge >= 0.3 is 0 Å². The molecule has 0 fully saturated rings. The van der Waals surface area contributed by atoms with Crippen LogP contribution in [0.15, 0.2) is 91.3 Å². The summed E-state index contributed by atoms with van der Waals surface area (Å²) in [6.07, 6.45) is 3.30. The smallest absolute Gasteiger partial charge is 0.253 e. The third-order valence-corrected chi connectivity index (χ3v) is 5.06. The average molecular weight is 424 g/mol. The van der Waals surface area contributed by atoms with E-state index < -0.39 is 0 Å². The minimum absolute atomic E-state index is 0.193. The fraction of sp³-hybridized carbons (Fsp3) is 0.0769. The molecule has 0 saturated carbocycles. The average Bonchev–Trinajstić information content (AvgIpc) is 3.32. The van der Waals surface area contributed by atoms with Crippen LogP contribution in [0.25, 0.3) is 11.1 Å². The van der Waals surface area contributed by atoms with Gasteiger partial charge in [-0.2, -0.15) is 0 Å². The molecule has 0 bridgehead atoms. The molecular weight excluding hydrogens is 404 g/mol. The lowest BCUT2D eigenvalue weighted by Gasteiger charge is -2.09. The highest BCUT2D eigenvalue weighted by Gasteiger charge is 2.14. The van der Waals surface area contributed by atoms with Gasteiger partial charge in [-0.3, -0.25) is 9.78 Å². The summed E-state index contributed by atoms with van der Waals surface area (Å²) in [5.74, 6) is 2.74. The van der Waals surface area contributed by atoms with Crippen LogP contribution in [-0.2, 0) is 6.54 Å². The molecule has 1 aliphatic rings. The number of carbonyl (C=O) groups excluding carboxylic acids is 1. The zero-order valence-corrected chi connectivity index (χ0v) is 17.2. The summed E-state index contributed by atoms with van der Waals surface area (Å²) in [6.45, 7) is 0.605. The lowest BCUT2D eigenvalue weighted by molar-refractivity contribution is 0.0950. The van der Waals surface area contributed by atoms with Crippen LogP contribution in [-0.4, -0.2) is 17.7 Å². The molecule has 1 N–H and O–H groups in total. The summed E-state index contributed by atoms with van der Waals surface area (Å²) in [6, 6.07) is 24.8. The second-order valence-electron chi connectivity index (χ2n) is 7.27. The van der Waals surface area contributed by atoms with E-state index in [1.54, 1.807) is 12.4 Å². The molecule has 5 rings (SSSR count). The molecule has 32 heavy (non-hydrogen) atoms. The number of hydrogen-bond acceptors (Lipinski definition) is 5. The van der Waals surface area contributed by atoms with Crippen LogP contribution in [0.5, 0.6) is 23.0 Å². The van der Waals surface area contributed by atoms with Gasteiger partial charge in [0.25, 0.3) is 5.91 Å². The summed E-state index contributed by atoms with van der Waals surface area (Å²) in [7, 11) is 0. The van der Waals surface area contributed by atoms with Gasteiger partial charge in [0.2, 0.25) is 6.79 Å². The van der Waals surface area contributed by atoms with E-state index in [-0.39, 0.29) is 12.7 Å². The molecule has 0 aliphatic carbocycles. The zero-order chi connectivity index (χ0) is 21.8. The van der Waals surface area contributed by atoms with Gasteiger partial charge in [-0.25, -0.2) is 0 Å². The first-order valence-electron chi connectivity index (χ1n) is 10.2. The number of nitrogens with zero attached hydrogens (tertiary/aromatic N) is 1. The highest BCUT2D eigenvalue weighted by Crippen LogP contribution is 2.32. The number of hydrogen-bond donors (Lipinski definition) is 1. The first kappa shape index (κ1) is 19.6. The minimum atomic E-state index is -0.193. The number of carbonyl (C=O) groups is 1. The molecule has 2 heterocycles. The van der Waals surface area contributed by atoms with Crippen LogP contribution < -0.4 is 19.5 Å². The molecule has 0 radical (unpaired) electrons. The summed E-state index contributed by atoms with van der Waals surface area (Å²) in [5, 5.41) is 2.93. The zero-order valence-electron chi connectivity index (χ0n) is 17.2. The highest BCUT2D eigenvalue weighted by molar-refractivity contribution is 5.95. The van der Waals surface area contributed by atoms with Crippen LogP contribution in [0.2, 0.25) is 0 Å². The number of aromatic nitrogens is 1. The van der Waals surface area contributed by atoms with Gasteiger partial charge in [0.15, 0.2) is 11.5 Å². The maximum atomic E-state index is 12.7. The van der Waals surface area contributed by atoms with Gasteiger partial charge in [-0.15, -0.1) is 0 Å². The Labute approximate surface area is 185 Å². The molecule has 158 valence electrons. The third-order valence-electron chi connectivity index (χ3n) is 5.06. The molecule has 1 amide bonds. The minimum Gasteiger partial charge on any atom is -0.457 e. The first-order valence-corrected chi connectivity index (χ1v) is 10.2. The number of benzene rings is 3. The van der Waals surface area contributed by atoms with E-state index in [1.165, 1.54) is 0 Å². The molecule has 6 heteroatoms. The standard InChI is InChI=1S/C26H20N2O4/c29-26(28-14-18-6-11-24-25(12-18)31-17-30-24)21-13-20(15-27-16-21)19-7-9-23(10-8-19)32-22-4-2-1-3-5-22/h1-13,15-16H,14,17H2,(H,28,29). The third kappa shape index (κ3) is 4.39. The van der Waals surface area contributed by atoms with E-state index in [0.717, 1.165) is 33.9 Å². The fourth-order valence-electron chi connectivity index (χ4n) is 3.40. The normalized spacial score (nSPS) is 11.8. The number of para-hydroxylation sites is 1. The SMILES string of the molecule is O=C(NCc1ccc2c(c1)OCO2)c1cncc(-c2ccc(Oc3ccccc3)cc2)c1. The summed E-state index contributed by atoms with van der Waals surface area (Å²) in [4.78, 5) is 16.9. The number of ether oxygens (including phenoxy) is 3. The summed E-state index contributed by atoms with van der Waals surface area (Å²) in [5.41, 5.74) is 3.23. The number of fused-ring (bicyclic) bond motifs is 1. The van der Waals surface area contributed by atoms with E-state index in [4.69, 9.17) is 14.2 Å². The molecule has 6 nitrogen and oxygen atoms in total. The number of pyridine rings is 1. The Hall–Kier alpha value is -4.32. The van der Waals surface area contributed by atoms with E-state index in [0.29, 0.717) is 17.9 Å². The van der Waals surface area contributed by atoms with Crippen molar-refractivity contribution in [3.05, 3.63) is 102 Å². The van der Waals surface area contributed by atoms with Crippen LogP contribution in [0.3, 0.4) is 0 Å². The fourth-order valence-corrected chi connectivity index (χ4v) is 3.40. The number of nitrogens with one attached hydrogen (secondary N) is 1. The molecule has 3 aromatic carbocycles. The van der Waals surface area contributed by atoms with Crippen LogP contribution in [0.1, 0.15) is 15.9 Å². The second kappa shape index (κ2) is 8.81. The molecular formula is C26H20N2O4. The van der Waals surface area contributed by atoms with Crippen molar-refractivity contribution in [3.63, 3.8) is 0 Å². The Balaban J connectivity index is 1.25. The predicted octanol–water partition coefficient (Wildman–Crippen LogP) is 5.20. The molecule has 1 aliphatic heterocycles. The van der Waals surface area contributed by atoms with Gasteiger partial charge in [0, 0.05) is 24.5 Å². The van der Waals surface area contributed by atoms with Crippen molar-refractivity contribution in [2.45, 2.75) is 6.54 Å². The van der Waals surface area contributed by atoms with Gasteiger partial charge in [0.1, 0.15) is 11.5 Å². The van der Waals surface area contributed by atoms with E-state index in [2.05, 4.69) is 10.3 Å². The first-order chi connectivity index (χ1) is 15.7. The van der Waals surface area contributed by atoms with Gasteiger partial charge < -0.3 is 19.5 Å². The maximum Gasteiger partial charge on any atom is 0.253 e. The largest absolute Gasteiger partial charge is 0.457 e. The van der Waals surface area contributed by atoms with Crippen molar-refractivity contribution < 1.29 is 19.0 Å². The van der Waals surface area contributed by atoms with Gasteiger partial charge in [-0.05, 0) is 53.6 Å². The van der Waals surface area contributed by atoms with Crippen molar-refractivity contribution in [1.29, 1.82) is 0 Å². The van der Waals surface area contributed by atoms with E-state index in [1.807, 2.05) is 78.9 Å². The van der Waals surface area contributed by atoms with Crippen molar-refractivity contribution in [3.8, 4) is 34.1 Å². The quantitative estimate of drug-likeness (QED) is 0.461. The topological polar surface area (TPSA) is 69.7 Å². The number of amides is 1. The Morgan fingerprint density at radius 3 is 2.47 bits per heavy atom. The predicted molar refractivity (Wildman–Crippen MR) is 120 cm³/mol. The highest BCUT2D eigenvalue weighted by atomic mass is 16.7. The van der Waals surface area contributed by atoms with Gasteiger partial charge in [-0.1, -0.05) is 36.4 Å². The lowest BCUT2D eigenvalue weighted by atomic mass is 10.1. The van der Waals surface area contributed by atoms with Crippen molar-refractivity contribution in [2.24, 2.45) is 0 Å². The summed E-state index contributed by atoms with van der Waals surface area (Å²) >= 11 is 0. The second-order valence-corrected chi connectivity index (χ2v) is 7.27. The Kier molecular flexibility index (Phi) is 5.41. The molecule has 0 unspecified atom stereocenters. The summed E-state index contributed by atoms with van der Waals surface area (Å²) < 4.78 is 16.5. The number of rotatable bonds is 6. The Bertz CT molecular complexity index is 1240. The van der Waals surface area contributed by atoms with E-state index in [9.17, 15) is 4.79 Å². The maximum absolute atomic E-state index is 12.7.